The highest BCUT2D eigenvalue weighted by atomic mass is 16.5. The minimum absolute atomic E-state index is 0.0229. The molecule has 0 N–H and O–H groups in total. The van der Waals surface area contributed by atoms with Crippen LogP contribution in [0.5, 0.6) is 0 Å². The predicted octanol–water partition coefficient (Wildman–Crippen LogP) is 4.15. The van der Waals surface area contributed by atoms with E-state index in [4.69, 9.17) is 9.47 Å². The van der Waals surface area contributed by atoms with E-state index in [0.29, 0.717) is 36.1 Å². The summed E-state index contributed by atoms with van der Waals surface area (Å²) >= 11 is 0. The molecule has 0 aromatic heterocycles. The van der Waals surface area contributed by atoms with Gasteiger partial charge in [-0.2, -0.15) is 0 Å². The highest BCUT2D eigenvalue weighted by Gasteiger charge is 2.74. The van der Waals surface area contributed by atoms with E-state index in [1.54, 1.807) is 0 Å². The zero-order valence-electron chi connectivity index (χ0n) is 17.3. The Kier molecular flexibility index (Phi) is 3.75. The number of rotatable bonds is 2. The van der Waals surface area contributed by atoms with Crippen molar-refractivity contribution in [3.05, 3.63) is 0 Å². The number of esters is 1. The first kappa shape index (κ1) is 18.1. The molecule has 0 aromatic carbocycles. The average molecular weight is 375 g/mol. The van der Waals surface area contributed by atoms with Crippen LogP contribution in [0, 0.1) is 40.4 Å². The molecule has 0 amide bonds. The molecule has 2 saturated heterocycles. The van der Waals surface area contributed by atoms with Crippen molar-refractivity contribution < 1.29 is 19.1 Å². The van der Waals surface area contributed by atoms with Crippen molar-refractivity contribution in [2.24, 2.45) is 40.4 Å². The minimum atomic E-state index is -0.537. The average Bonchev–Trinajstić information content (AvgIpc) is 2.96. The molecule has 27 heavy (non-hydrogen) atoms. The normalized spacial score (nSPS) is 54.2. The summed E-state index contributed by atoms with van der Waals surface area (Å²) in [5.41, 5.74) is -0.608. The highest BCUT2D eigenvalue weighted by Crippen LogP contribution is 2.72. The summed E-state index contributed by atoms with van der Waals surface area (Å²) in [4.78, 5) is 26.1. The van der Waals surface area contributed by atoms with E-state index >= 15 is 0 Å². The van der Waals surface area contributed by atoms with E-state index in [9.17, 15) is 9.59 Å². The van der Waals surface area contributed by atoms with Crippen molar-refractivity contribution in [1.82, 2.24) is 0 Å². The lowest BCUT2D eigenvalue weighted by molar-refractivity contribution is -0.307. The first-order valence-corrected chi connectivity index (χ1v) is 11.1. The van der Waals surface area contributed by atoms with Gasteiger partial charge in [-0.3, -0.25) is 9.59 Å². The van der Waals surface area contributed by atoms with Crippen LogP contribution in [0.2, 0.25) is 0 Å². The summed E-state index contributed by atoms with van der Waals surface area (Å²) in [6.07, 6.45) is 8.82. The molecular formula is C23H34O4. The smallest absolute Gasteiger partial charge is 0.308 e. The molecule has 0 unspecified atom stereocenters. The van der Waals surface area contributed by atoms with Gasteiger partial charge in [0.15, 0.2) is 5.78 Å². The molecule has 1 spiro atoms. The van der Waals surface area contributed by atoms with Crippen molar-refractivity contribution in [2.75, 3.05) is 7.11 Å². The lowest BCUT2D eigenvalue weighted by atomic mass is 9.40. The Hall–Kier alpha value is -0.900. The standard InChI is InChI=1S/C23H34O4/c1-13(20(25)26-4)16-7-8-17-18-6-5-14-11-15-9-10-22(14,3)23(18,27-15)19(24)12-21(16,17)2/h13-18H,5-12H2,1-4H3/t13-,14+,15+,16+,17-,18-,21+,22-,23-/m0/s1. The molecule has 4 heteroatoms. The van der Waals surface area contributed by atoms with Gasteiger partial charge in [-0.1, -0.05) is 20.8 Å². The molecule has 2 heterocycles. The number of carbonyl (C=O) groups is 2. The van der Waals surface area contributed by atoms with Gasteiger partial charge in [0.2, 0.25) is 0 Å². The maximum Gasteiger partial charge on any atom is 0.308 e. The summed E-state index contributed by atoms with van der Waals surface area (Å²) in [6, 6.07) is 0. The molecule has 6 fully saturated rings. The lowest BCUT2D eigenvalue weighted by Crippen LogP contribution is -2.75. The van der Waals surface area contributed by atoms with Gasteiger partial charge in [0.05, 0.1) is 19.1 Å². The third-order valence-corrected chi connectivity index (χ3v) is 10.1. The number of hydrogen-bond acceptors (Lipinski definition) is 4. The van der Waals surface area contributed by atoms with Gasteiger partial charge >= 0.3 is 5.97 Å². The van der Waals surface area contributed by atoms with Crippen molar-refractivity contribution in [3.63, 3.8) is 0 Å². The predicted molar refractivity (Wildman–Crippen MR) is 101 cm³/mol. The number of ketones is 1. The largest absolute Gasteiger partial charge is 0.469 e. The van der Waals surface area contributed by atoms with Gasteiger partial charge in [-0.05, 0) is 74.0 Å². The molecule has 4 bridgehead atoms. The summed E-state index contributed by atoms with van der Waals surface area (Å²) in [6.45, 7) is 6.65. The summed E-state index contributed by atoms with van der Waals surface area (Å²) in [5, 5.41) is 0. The number of fused-ring (bicyclic) bond motifs is 3. The van der Waals surface area contributed by atoms with Gasteiger partial charge < -0.3 is 9.47 Å². The third-order valence-electron chi connectivity index (χ3n) is 10.1. The minimum Gasteiger partial charge on any atom is -0.469 e. The van der Waals surface area contributed by atoms with E-state index in [2.05, 4.69) is 13.8 Å². The Morgan fingerprint density at radius 2 is 1.89 bits per heavy atom. The van der Waals surface area contributed by atoms with E-state index in [-0.39, 0.29) is 28.6 Å². The molecule has 6 aliphatic rings. The van der Waals surface area contributed by atoms with Crippen molar-refractivity contribution in [2.45, 2.75) is 83.8 Å². The first-order chi connectivity index (χ1) is 12.8. The molecule has 150 valence electrons. The van der Waals surface area contributed by atoms with Crippen molar-refractivity contribution >= 4 is 11.8 Å². The second kappa shape index (κ2) is 5.58. The Morgan fingerprint density at radius 3 is 2.63 bits per heavy atom. The Morgan fingerprint density at radius 1 is 1.15 bits per heavy atom. The number of methoxy groups -OCH3 is 1. The summed E-state index contributed by atoms with van der Waals surface area (Å²) in [7, 11) is 1.48. The van der Waals surface area contributed by atoms with Crippen molar-refractivity contribution in [3.8, 4) is 0 Å². The SMILES string of the molecule is COC(=O)[C@@H](C)[C@H]1CC[C@H]2[C@@H]3CC[C@@H]4C[C@H]5CC[C@]4(C)[C@@]3(O5)C(=O)C[C@]12C. The Bertz CT molecular complexity index is 688. The molecular weight excluding hydrogens is 340 g/mol. The van der Waals surface area contributed by atoms with Crippen LogP contribution in [0.25, 0.3) is 0 Å². The van der Waals surface area contributed by atoms with Gasteiger partial charge in [0.25, 0.3) is 0 Å². The summed E-state index contributed by atoms with van der Waals surface area (Å²) in [5.74, 6) is 1.81. The molecule has 6 rings (SSSR count). The topological polar surface area (TPSA) is 52.6 Å². The van der Waals surface area contributed by atoms with Crippen LogP contribution >= 0.6 is 0 Å². The van der Waals surface area contributed by atoms with E-state index in [1.807, 2.05) is 6.92 Å². The molecule has 9 atom stereocenters. The van der Waals surface area contributed by atoms with Crippen LogP contribution in [0.4, 0.5) is 0 Å². The number of ether oxygens (including phenoxy) is 2. The van der Waals surface area contributed by atoms with Crippen LogP contribution in [-0.2, 0) is 19.1 Å². The van der Waals surface area contributed by atoms with Crippen LogP contribution in [-0.4, -0.2) is 30.6 Å². The molecule has 4 nitrogen and oxygen atoms in total. The van der Waals surface area contributed by atoms with E-state index in [1.165, 1.54) is 13.5 Å². The molecule has 0 aromatic rings. The first-order valence-electron chi connectivity index (χ1n) is 11.1. The maximum atomic E-state index is 13.9. The fourth-order valence-electron chi connectivity index (χ4n) is 8.83. The fraction of sp³-hybridized carbons (Fsp3) is 0.913. The molecule has 4 saturated carbocycles. The van der Waals surface area contributed by atoms with Gasteiger partial charge in [-0.15, -0.1) is 0 Å². The van der Waals surface area contributed by atoms with Gasteiger partial charge in [-0.25, -0.2) is 0 Å². The highest BCUT2D eigenvalue weighted by molar-refractivity contribution is 5.91. The maximum absolute atomic E-state index is 13.9. The van der Waals surface area contributed by atoms with Crippen LogP contribution in [0.1, 0.15) is 72.1 Å². The Balaban J connectivity index is 1.55. The number of carbonyl (C=O) groups excluding carboxylic acids is 2. The van der Waals surface area contributed by atoms with E-state index in [0.717, 1.165) is 38.5 Å². The summed E-state index contributed by atoms with van der Waals surface area (Å²) < 4.78 is 11.8. The van der Waals surface area contributed by atoms with Crippen LogP contribution in [0.3, 0.4) is 0 Å². The molecule has 4 aliphatic carbocycles. The molecule has 0 radical (unpaired) electrons. The Labute approximate surface area is 162 Å². The zero-order chi connectivity index (χ0) is 19.2. The van der Waals surface area contributed by atoms with E-state index < -0.39 is 5.60 Å². The molecule has 2 aliphatic heterocycles. The van der Waals surface area contributed by atoms with Crippen LogP contribution < -0.4 is 0 Å². The fourth-order valence-corrected chi connectivity index (χ4v) is 8.83. The van der Waals surface area contributed by atoms with Gasteiger partial charge in [0, 0.05) is 11.8 Å². The second-order valence-electron chi connectivity index (χ2n) is 10.8. The van der Waals surface area contributed by atoms with Crippen molar-refractivity contribution in [1.29, 1.82) is 0 Å². The monoisotopic (exact) mass is 374 g/mol. The zero-order valence-corrected chi connectivity index (χ0v) is 17.3. The number of hydrogen-bond donors (Lipinski definition) is 0. The lowest BCUT2D eigenvalue weighted by Gasteiger charge is -2.70. The van der Waals surface area contributed by atoms with Gasteiger partial charge in [0.1, 0.15) is 5.60 Å². The third kappa shape index (κ3) is 1.99. The quantitative estimate of drug-likeness (QED) is 0.681. The second-order valence-corrected chi connectivity index (χ2v) is 10.8. The number of Topliss-reactive ketones (excluding diaryl/α,β-unsaturated/α-hetero) is 1. The van der Waals surface area contributed by atoms with Crippen LogP contribution in [0.15, 0.2) is 0 Å².